The van der Waals surface area contributed by atoms with Gasteiger partial charge in [0.1, 0.15) is 5.75 Å². The highest BCUT2D eigenvalue weighted by molar-refractivity contribution is 6.32. The number of halogens is 1. The van der Waals surface area contributed by atoms with E-state index in [2.05, 4.69) is 10.6 Å². The summed E-state index contributed by atoms with van der Waals surface area (Å²) in [6, 6.07) is 3.59. The van der Waals surface area contributed by atoms with Gasteiger partial charge in [-0.05, 0) is 37.1 Å². The lowest BCUT2D eigenvalue weighted by atomic mass is 10.1. The first kappa shape index (κ1) is 17.3. The van der Waals surface area contributed by atoms with Crippen LogP contribution in [0.15, 0.2) is 12.1 Å². The molecule has 0 aliphatic carbocycles. The quantitative estimate of drug-likeness (QED) is 0.757. The second kappa shape index (κ2) is 8.52. The van der Waals surface area contributed by atoms with Crippen LogP contribution in [0.1, 0.15) is 24.5 Å². The van der Waals surface area contributed by atoms with Crippen molar-refractivity contribution in [3.8, 4) is 5.75 Å². The van der Waals surface area contributed by atoms with E-state index < -0.39 is 0 Å². The van der Waals surface area contributed by atoms with Gasteiger partial charge in [-0.3, -0.25) is 9.59 Å². The molecule has 0 unspecified atom stereocenters. The predicted octanol–water partition coefficient (Wildman–Crippen LogP) is 1.98. The summed E-state index contributed by atoms with van der Waals surface area (Å²) in [4.78, 5) is 22.6. The van der Waals surface area contributed by atoms with E-state index in [1.54, 1.807) is 19.1 Å². The van der Waals surface area contributed by atoms with Gasteiger partial charge in [0.15, 0.2) is 6.61 Å². The monoisotopic (exact) mass is 312 g/mol. The van der Waals surface area contributed by atoms with Crippen LogP contribution in [-0.4, -0.2) is 31.5 Å². The zero-order valence-corrected chi connectivity index (χ0v) is 13.3. The van der Waals surface area contributed by atoms with Crippen LogP contribution in [0.4, 0.5) is 0 Å². The molecule has 0 spiro atoms. The Morgan fingerprint density at radius 1 is 1.10 bits per heavy atom. The second-order valence-electron chi connectivity index (χ2n) is 4.71. The van der Waals surface area contributed by atoms with Crippen molar-refractivity contribution in [1.82, 2.24) is 10.6 Å². The molecular weight excluding hydrogens is 292 g/mol. The number of amides is 2. The molecule has 0 aliphatic heterocycles. The van der Waals surface area contributed by atoms with Crippen molar-refractivity contribution in [3.63, 3.8) is 0 Å². The highest BCUT2D eigenvalue weighted by atomic mass is 35.5. The smallest absolute Gasteiger partial charge is 0.258 e. The maximum absolute atomic E-state index is 11.6. The van der Waals surface area contributed by atoms with Crippen LogP contribution in [0.5, 0.6) is 5.75 Å². The number of rotatable bonds is 7. The van der Waals surface area contributed by atoms with Gasteiger partial charge in [0.05, 0.1) is 0 Å². The Morgan fingerprint density at radius 3 is 2.14 bits per heavy atom. The molecule has 0 fully saturated rings. The van der Waals surface area contributed by atoms with Gasteiger partial charge in [0.2, 0.25) is 5.91 Å². The molecule has 0 heterocycles. The summed E-state index contributed by atoms with van der Waals surface area (Å²) >= 11 is 6.06. The van der Waals surface area contributed by atoms with Crippen LogP contribution in [0.3, 0.4) is 0 Å². The van der Waals surface area contributed by atoms with E-state index in [1.165, 1.54) is 0 Å². The maximum atomic E-state index is 11.6. The van der Waals surface area contributed by atoms with Crippen molar-refractivity contribution < 1.29 is 14.3 Å². The summed E-state index contributed by atoms with van der Waals surface area (Å²) in [7, 11) is 0. The Kier molecular flexibility index (Phi) is 7.02. The van der Waals surface area contributed by atoms with Gasteiger partial charge in [-0.25, -0.2) is 0 Å². The molecule has 0 atom stereocenters. The van der Waals surface area contributed by atoms with Gasteiger partial charge < -0.3 is 15.4 Å². The summed E-state index contributed by atoms with van der Waals surface area (Å²) in [6.07, 6.45) is 0.437. The van der Waals surface area contributed by atoms with Gasteiger partial charge in [0, 0.05) is 24.5 Å². The fourth-order valence-electron chi connectivity index (χ4n) is 1.72. The normalized spacial score (nSPS) is 10.1. The lowest BCUT2D eigenvalue weighted by Gasteiger charge is -2.10. The zero-order chi connectivity index (χ0) is 15.8. The van der Waals surface area contributed by atoms with E-state index in [-0.39, 0.29) is 18.4 Å². The third kappa shape index (κ3) is 6.04. The van der Waals surface area contributed by atoms with Crippen LogP contribution in [0, 0.1) is 13.8 Å². The van der Waals surface area contributed by atoms with Crippen LogP contribution in [0.2, 0.25) is 5.02 Å². The van der Waals surface area contributed by atoms with E-state index in [4.69, 9.17) is 16.3 Å². The number of hydrogen-bond acceptors (Lipinski definition) is 3. The summed E-state index contributed by atoms with van der Waals surface area (Å²) in [6.45, 7) is 6.28. The molecule has 0 aliphatic rings. The fourth-order valence-corrected chi connectivity index (χ4v) is 1.83. The van der Waals surface area contributed by atoms with Crippen molar-refractivity contribution in [2.24, 2.45) is 0 Å². The molecule has 0 saturated heterocycles. The van der Waals surface area contributed by atoms with Gasteiger partial charge in [0.25, 0.3) is 5.91 Å². The number of benzene rings is 1. The van der Waals surface area contributed by atoms with Gasteiger partial charge in [-0.1, -0.05) is 18.5 Å². The maximum Gasteiger partial charge on any atom is 0.258 e. The second-order valence-corrected chi connectivity index (χ2v) is 5.09. The third-order valence-corrected chi connectivity index (χ3v) is 3.47. The lowest BCUT2D eigenvalue weighted by molar-refractivity contribution is -0.124. The Hall–Kier alpha value is -1.75. The summed E-state index contributed by atoms with van der Waals surface area (Å²) < 4.78 is 5.43. The SMILES string of the molecule is CCC(=O)NCCNC(=O)COc1cc(C)c(Cl)c(C)c1. The Balaban J connectivity index is 2.32. The minimum Gasteiger partial charge on any atom is -0.484 e. The van der Waals surface area contributed by atoms with Gasteiger partial charge >= 0.3 is 0 Å². The number of aryl methyl sites for hydroxylation is 2. The molecule has 0 bridgehead atoms. The summed E-state index contributed by atoms with van der Waals surface area (Å²) in [5.41, 5.74) is 1.82. The molecule has 1 aromatic rings. The average Bonchev–Trinajstić information content (AvgIpc) is 2.46. The molecule has 0 radical (unpaired) electrons. The molecule has 0 aromatic heterocycles. The topological polar surface area (TPSA) is 67.4 Å². The van der Waals surface area contributed by atoms with Crippen LogP contribution in [-0.2, 0) is 9.59 Å². The van der Waals surface area contributed by atoms with Crippen molar-refractivity contribution >= 4 is 23.4 Å². The van der Waals surface area contributed by atoms with Crippen LogP contribution >= 0.6 is 11.6 Å². The Morgan fingerprint density at radius 2 is 1.62 bits per heavy atom. The summed E-state index contributed by atoms with van der Waals surface area (Å²) in [5, 5.41) is 6.05. The zero-order valence-electron chi connectivity index (χ0n) is 12.6. The Labute approximate surface area is 130 Å². The van der Waals surface area contributed by atoms with E-state index >= 15 is 0 Å². The first-order chi connectivity index (χ1) is 9.93. The molecule has 0 saturated carbocycles. The lowest BCUT2D eigenvalue weighted by Crippen LogP contribution is -2.36. The first-order valence-electron chi connectivity index (χ1n) is 6.87. The average molecular weight is 313 g/mol. The molecule has 21 heavy (non-hydrogen) atoms. The fraction of sp³-hybridized carbons (Fsp3) is 0.467. The third-order valence-electron chi connectivity index (χ3n) is 2.87. The highest BCUT2D eigenvalue weighted by Gasteiger charge is 2.06. The molecule has 2 N–H and O–H groups in total. The molecule has 5 nitrogen and oxygen atoms in total. The molecule has 116 valence electrons. The van der Waals surface area contributed by atoms with E-state index in [9.17, 15) is 9.59 Å². The minimum atomic E-state index is -0.231. The molecular formula is C15H21ClN2O3. The van der Waals surface area contributed by atoms with Crippen LogP contribution in [0.25, 0.3) is 0 Å². The van der Waals surface area contributed by atoms with Gasteiger partial charge in [-0.15, -0.1) is 0 Å². The first-order valence-corrected chi connectivity index (χ1v) is 7.24. The number of ether oxygens (including phenoxy) is 1. The highest BCUT2D eigenvalue weighted by Crippen LogP contribution is 2.25. The minimum absolute atomic E-state index is 0.0346. The molecule has 1 rings (SSSR count). The summed E-state index contributed by atoms with van der Waals surface area (Å²) in [5.74, 6) is 0.349. The number of carbonyl (C=O) groups is 2. The van der Waals surface area contributed by atoms with Crippen molar-refractivity contribution in [2.75, 3.05) is 19.7 Å². The molecule has 1 aromatic carbocycles. The van der Waals surface area contributed by atoms with Crippen molar-refractivity contribution in [2.45, 2.75) is 27.2 Å². The van der Waals surface area contributed by atoms with Gasteiger partial charge in [-0.2, -0.15) is 0 Å². The molecule has 2 amide bonds. The van der Waals surface area contributed by atoms with Crippen molar-refractivity contribution in [3.05, 3.63) is 28.3 Å². The molecule has 6 heteroatoms. The number of hydrogen-bond donors (Lipinski definition) is 2. The largest absolute Gasteiger partial charge is 0.484 e. The standard InChI is InChI=1S/C15H21ClN2O3/c1-4-13(19)17-5-6-18-14(20)9-21-12-7-10(2)15(16)11(3)8-12/h7-8H,4-6,9H2,1-3H3,(H,17,19)(H,18,20). The predicted molar refractivity (Wildman–Crippen MR) is 82.7 cm³/mol. The number of carbonyl (C=O) groups excluding carboxylic acids is 2. The van der Waals surface area contributed by atoms with E-state index in [0.29, 0.717) is 30.3 Å². The van der Waals surface area contributed by atoms with Crippen molar-refractivity contribution in [1.29, 1.82) is 0 Å². The van der Waals surface area contributed by atoms with E-state index in [1.807, 2.05) is 13.8 Å². The van der Waals surface area contributed by atoms with E-state index in [0.717, 1.165) is 11.1 Å². The number of nitrogens with one attached hydrogen (secondary N) is 2. The Bertz CT molecular complexity index is 495. The van der Waals surface area contributed by atoms with Crippen LogP contribution < -0.4 is 15.4 Å².